The third kappa shape index (κ3) is 4.71. The second-order valence-corrected chi connectivity index (χ2v) is 8.14. The van der Waals surface area contributed by atoms with Crippen molar-refractivity contribution in [2.24, 2.45) is 0 Å². The zero-order valence-corrected chi connectivity index (χ0v) is 22.0. The fraction of sp³-hybridized carbons (Fsp3) is 0.0714. The Balaban J connectivity index is 0.000000147. The number of benzene rings is 4. The van der Waals surface area contributed by atoms with Crippen LogP contribution in [-0.4, -0.2) is 9.52 Å². The molecule has 6 rings (SSSR count). The van der Waals surface area contributed by atoms with Crippen molar-refractivity contribution in [2.75, 3.05) is 0 Å². The molecule has 0 aromatic heterocycles. The van der Waals surface area contributed by atoms with Gasteiger partial charge in [-0.05, 0) is 0 Å². The second-order valence-electron chi connectivity index (χ2n) is 7.14. The number of rotatable bonds is 0. The van der Waals surface area contributed by atoms with Crippen LogP contribution in [0, 0.1) is 0 Å². The molecule has 2 heteroatoms. The minimum atomic E-state index is 0. The molecular weight excluding hydrogens is 543 g/mol. The number of fused-ring (bicyclic) bond motifs is 6. The van der Waals surface area contributed by atoms with E-state index in [-0.39, 0.29) is 25.8 Å². The largest absolute Gasteiger partial charge is 0.126 e. The van der Waals surface area contributed by atoms with Crippen molar-refractivity contribution in [3.05, 3.63) is 109 Å². The second kappa shape index (κ2) is 10.7. The fourth-order valence-corrected chi connectivity index (χ4v) is 3.81. The summed E-state index contributed by atoms with van der Waals surface area (Å²) in [7, 11) is 1.08. The van der Waals surface area contributed by atoms with Crippen LogP contribution in [0.15, 0.2) is 109 Å². The molecule has 0 N–H and O–H groups in total. The Labute approximate surface area is 199 Å². The van der Waals surface area contributed by atoms with Gasteiger partial charge in [-0.15, -0.1) is 79.5 Å². The molecule has 30 heavy (non-hydrogen) atoms. The molecule has 0 aliphatic heterocycles. The van der Waals surface area contributed by atoms with Gasteiger partial charge in [0.25, 0.3) is 0 Å². The molecule has 6 aromatic rings. The van der Waals surface area contributed by atoms with Crippen LogP contribution in [0.25, 0.3) is 43.1 Å². The van der Waals surface area contributed by atoms with Crippen molar-refractivity contribution in [1.29, 1.82) is 0 Å². The van der Waals surface area contributed by atoms with Gasteiger partial charge in [-0.3, -0.25) is 0 Å². The van der Waals surface area contributed by atoms with Crippen molar-refractivity contribution < 1.29 is 25.8 Å². The standard InChI is InChI=1S/2C13H9.C2H6Si.Hf/c2*1-3-7-12-10(5-1)9-11-6-2-4-8-13(11)12;1-3-2;/h2*1-9H;1-2H3;/q2*-1;;. The van der Waals surface area contributed by atoms with Crippen LogP contribution < -0.4 is 0 Å². The van der Waals surface area contributed by atoms with E-state index in [0.29, 0.717) is 0 Å². The van der Waals surface area contributed by atoms with Gasteiger partial charge < -0.3 is 0 Å². The van der Waals surface area contributed by atoms with Gasteiger partial charge in [-0.25, -0.2) is 0 Å². The van der Waals surface area contributed by atoms with Crippen LogP contribution in [0.5, 0.6) is 0 Å². The molecule has 0 bridgehead atoms. The summed E-state index contributed by atoms with van der Waals surface area (Å²) in [5.74, 6) is 0. The predicted octanol–water partition coefficient (Wildman–Crippen LogP) is 8.21. The molecule has 0 spiro atoms. The van der Waals surface area contributed by atoms with E-state index in [1.807, 2.05) is 0 Å². The predicted molar refractivity (Wildman–Crippen MR) is 132 cm³/mol. The molecule has 0 aliphatic carbocycles. The van der Waals surface area contributed by atoms with Crippen LogP contribution in [0.3, 0.4) is 0 Å². The first-order chi connectivity index (χ1) is 14.3. The van der Waals surface area contributed by atoms with Crippen LogP contribution in [0.1, 0.15) is 0 Å². The van der Waals surface area contributed by atoms with Crippen LogP contribution in [-0.2, 0) is 25.8 Å². The van der Waals surface area contributed by atoms with Gasteiger partial charge in [0.15, 0.2) is 0 Å². The van der Waals surface area contributed by atoms with E-state index in [2.05, 4.69) is 122 Å². The molecule has 0 heterocycles. The Hall–Kier alpha value is -2.29. The van der Waals surface area contributed by atoms with Crippen molar-refractivity contribution in [2.45, 2.75) is 13.1 Å². The summed E-state index contributed by atoms with van der Waals surface area (Å²) < 4.78 is 0. The van der Waals surface area contributed by atoms with E-state index in [1.165, 1.54) is 43.1 Å². The summed E-state index contributed by atoms with van der Waals surface area (Å²) >= 11 is 0. The molecule has 0 nitrogen and oxygen atoms in total. The maximum atomic E-state index is 2.24. The molecule has 0 saturated carbocycles. The molecule has 0 aliphatic rings. The summed E-state index contributed by atoms with van der Waals surface area (Å²) in [4.78, 5) is 0. The molecule has 6 aromatic carbocycles. The first-order valence-electron chi connectivity index (χ1n) is 9.96. The summed E-state index contributed by atoms with van der Waals surface area (Å²) in [5.41, 5.74) is 0. The minimum Gasteiger partial charge on any atom is -0.126 e. The quantitative estimate of drug-likeness (QED) is 0.128. The molecule has 0 fully saturated rings. The number of hydrogen-bond donors (Lipinski definition) is 0. The molecule has 0 atom stereocenters. The Morgan fingerprint density at radius 3 is 0.867 bits per heavy atom. The fourth-order valence-electron chi connectivity index (χ4n) is 3.81. The van der Waals surface area contributed by atoms with E-state index < -0.39 is 0 Å². The average Bonchev–Trinajstić information content (AvgIpc) is 3.33. The van der Waals surface area contributed by atoms with Gasteiger partial charge >= 0.3 is 0 Å². The SMILES string of the molecule is C[Si]C.[Hf].c1ccc2c(c1)[cH-]c1ccccc12.c1ccc2c(c1)[cH-]c1ccccc12. The first kappa shape index (κ1) is 22.4. The van der Waals surface area contributed by atoms with Gasteiger partial charge in [-0.1, -0.05) is 85.9 Å². The van der Waals surface area contributed by atoms with Gasteiger partial charge in [0.2, 0.25) is 0 Å². The Morgan fingerprint density at radius 2 is 0.633 bits per heavy atom. The summed E-state index contributed by atoms with van der Waals surface area (Å²) in [6.07, 6.45) is 0. The van der Waals surface area contributed by atoms with E-state index >= 15 is 0 Å². The van der Waals surface area contributed by atoms with Crippen molar-refractivity contribution in [3.8, 4) is 0 Å². The van der Waals surface area contributed by atoms with Crippen LogP contribution in [0.2, 0.25) is 13.1 Å². The smallest absolute Gasteiger partial charge is 0.0307 e. The third-order valence-corrected chi connectivity index (χ3v) is 5.05. The van der Waals surface area contributed by atoms with Crippen molar-refractivity contribution in [1.82, 2.24) is 0 Å². The summed E-state index contributed by atoms with van der Waals surface area (Å²) in [6.45, 7) is 4.31. The third-order valence-electron chi connectivity index (χ3n) is 5.05. The van der Waals surface area contributed by atoms with Crippen LogP contribution >= 0.6 is 0 Å². The zero-order valence-electron chi connectivity index (χ0n) is 17.4. The van der Waals surface area contributed by atoms with E-state index in [9.17, 15) is 0 Å². The Kier molecular flexibility index (Phi) is 7.95. The monoisotopic (exact) mass is 568 g/mol. The average molecular weight is 567 g/mol. The van der Waals surface area contributed by atoms with Crippen molar-refractivity contribution in [3.63, 3.8) is 0 Å². The van der Waals surface area contributed by atoms with E-state index in [0.717, 1.165) is 9.52 Å². The maximum absolute atomic E-state index is 2.24. The molecule has 2 radical (unpaired) electrons. The van der Waals surface area contributed by atoms with E-state index in [4.69, 9.17) is 0 Å². The van der Waals surface area contributed by atoms with Gasteiger partial charge in [-0.2, -0.15) is 0 Å². The molecule has 0 unspecified atom stereocenters. The van der Waals surface area contributed by atoms with Gasteiger partial charge in [0.1, 0.15) is 0 Å². The number of hydrogen-bond acceptors (Lipinski definition) is 0. The summed E-state index contributed by atoms with van der Waals surface area (Å²) in [5, 5.41) is 10.8. The first-order valence-corrected chi connectivity index (χ1v) is 12.0. The maximum Gasteiger partial charge on any atom is 0.0307 e. The normalized spacial score (nSPS) is 10.2. The zero-order chi connectivity index (χ0) is 20.1. The molecular formula is C28H24HfSi-2. The van der Waals surface area contributed by atoms with Gasteiger partial charge in [0.05, 0.1) is 0 Å². The molecule has 146 valence electrons. The topological polar surface area (TPSA) is 0 Å². The molecule has 0 saturated heterocycles. The minimum absolute atomic E-state index is 0. The van der Waals surface area contributed by atoms with Gasteiger partial charge in [0, 0.05) is 35.4 Å². The Bertz CT molecular complexity index is 1150. The summed E-state index contributed by atoms with van der Waals surface area (Å²) in [6, 6.07) is 38.5. The Morgan fingerprint density at radius 1 is 0.433 bits per heavy atom. The van der Waals surface area contributed by atoms with Crippen LogP contribution in [0.4, 0.5) is 0 Å². The van der Waals surface area contributed by atoms with E-state index in [1.54, 1.807) is 0 Å². The van der Waals surface area contributed by atoms with Crippen molar-refractivity contribution >= 4 is 52.6 Å². The molecule has 0 amide bonds.